The van der Waals surface area contributed by atoms with Crippen LogP contribution in [0.1, 0.15) is 11.1 Å². The Bertz CT molecular complexity index is 364. The summed E-state index contributed by atoms with van der Waals surface area (Å²) in [6.45, 7) is 0. The number of alkyl halides is 6. The van der Waals surface area contributed by atoms with Crippen molar-refractivity contribution in [3.05, 3.63) is 32.9 Å². The van der Waals surface area contributed by atoms with Crippen molar-refractivity contribution in [1.82, 2.24) is 0 Å². The van der Waals surface area contributed by atoms with E-state index in [1.54, 1.807) is 0 Å². The minimum Gasteiger partial charge on any atom is -0.166 e. The summed E-state index contributed by atoms with van der Waals surface area (Å²) in [5.41, 5.74) is -2.56. The van der Waals surface area contributed by atoms with Crippen LogP contribution in [0.2, 0.25) is 0 Å². The van der Waals surface area contributed by atoms with Gasteiger partial charge in [-0.15, -0.1) is 0 Å². The summed E-state index contributed by atoms with van der Waals surface area (Å²) in [4.78, 5) is 0. The van der Waals surface area contributed by atoms with Gasteiger partial charge in [-0.05, 0) is 40.8 Å². The predicted octanol–water partition coefficient (Wildman–Crippen LogP) is 4.33. The molecule has 0 aliphatic carbocycles. The van der Waals surface area contributed by atoms with E-state index in [0.29, 0.717) is 6.07 Å². The number of benzene rings is 1. The largest absolute Gasteiger partial charge is 0.417 e. The van der Waals surface area contributed by atoms with Crippen molar-refractivity contribution in [3.8, 4) is 0 Å². The molecule has 15 heavy (non-hydrogen) atoms. The fourth-order valence-corrected chi connectivity index (χ4v) is 1.56. The monoisotopic (exact) mass is 340 g/mol. The molecule has 7 heteroatoms. The van der Waals surface area contributed by atoms with E-state index in [-0.39, 0.29) is 9.64 Å². The smallest absolute Gasteiger partial charge is 0.166 e. The summed E-state index contributed by atoms with van der Waals surface area (Å²) in [5, 5.41) is 0. The zero-order valence-electron chi connectivity index (χ0n) is 6.88. The second kappa shape index (κ2) is 3.84. The summed E-state index contributed by atoms with van der Waals surface area (Å²) in [6.07, 6.45) is -9.53. The van der Waals surface area contributed by atoms with Gasteiger partial charge in [0.1, 0.15) is 0 Å². The van der Waals surface area contributed by atoms with Crippen molar-refractivity contribution in [2.75, 3.05) is 0 Å². The highest BCUT2D eigenvalue weighted by Crippen LogP contribution is 2.37. The molecule has 1 aromatic carbocycles. The summed E-state index contributed by atoms with van der Waals surface area (Å²) in [6, 6.07) is 1.53. The third kappa shape index (κ3) is 2.99. The molecule has 0 aromatic heterocycles. The van der Waals surface area contributed by atoms with Crippen molar-refractivity contribution in [3.63, 3.8) is 0 Å². The average molecular weight is 340 g/mol. The molecule has 0 nitrogen and oxygen atoms in total. The van der Waals surface area contributed by atoms with Gasteiger partial charge in [-0.3, -0.25) is 0 Å². The maximum Gasteiger partial charge on any atom is 0.417 e. The van der Waals surface area contributed by atoms with Gasteiger partial charge in [-0.2, -0.15) is 26.3 Å². The zero-order valence-corrected chi connectivity index (χ0v) is 9.04. The molecule has 0 spiro atoms. The average Bonchev–Trinajstić information content (AvgIpc) is 2.00. The van der Waals surface area contributed by atoms with Crippen molar-refractivity contribution in [2.24, 2.45) is 0 Å². The highest BCUT2D eigenvalue weighted by atomic mass is 127. The highest BCUT2D eigenvalue weighted by Gasteiger charge is 2.37. The molecule has 0 saturated carbocycles. The first-order chi connectivity index (χ1) is 6.62. The van der Waals surface area contributed by atoms with Crippen LogP contribution in [0, 0.1) is 3.57 Å². The molecule has 1 rings (SSSR count). The SMILES string of the molecule is FC(F)(F)c1ccc(I)c(C(F)(F)F)c1. The topological polar surface area (TPSA) is 0 Å². The van der Waals surface area contributed by atoms with Gasteiger partial charge in [0, 0.05) is 3.57 Å². The van der Waals surface area contributed by atoms with E-state index >= 15 is 0 Å². The van der Waals surface area contributed by atoms with Crippen LogP contribution in [0.5, 0.6) is 0 Å². The fraction of sp³-hybridized carbons (Fsp3) is 0.250. The lowest BCUT2D eigenvalue weighted by atomic mass is 10.1. The number of hydrogen-bond acceptors (Lipinski definition) is 0. The van der Waals surface area contributed by atoms with Crippen LogP contribution in [0.4, 0.5) is 26.3 Å². The summed E-state index contributed by atoms with van der Waals surface area (Å²) in [7, 11) is 0. The van der Waals surface area contributed by atoms with E-state index in [4.69, 9.17) is 0 Å². The normalized spacial score (nSPS) is 13.0. The first-order valence-corrected chi connectivity index (χ1v) is 4.64. The molecular formula is C8H3F6I. The Labute approximate surface area is 94.4 Å². The molecular weight excluding hydrogens is 337 g/mol. The molecule has 0 amide bonds. The van der Waals surface area contributed by atoms with Gasteiger partial charge in [0.25, 0.3) is 0 Å². The Morgan fingerprint density at radius 1 is 0.867 bits per heavy atom. The van der Waals surface area contributed by atoms with Crippen molar-refractivity contribution in [2.45, 2.75) is 12.4 Å². The third-order valence-electron chi connectivity index (χ3n) is 1.60. The Kier molecular flexibility index (Phi) is 3.22. The second-order valence-electron chi connectivity index (χ2n) is 2.69. The molecule has 0 aliphatic rings. The molecule has 0 fully saturated rings. The molecule has 0 heterocycles. The van der Waals surface area contributed by atoms with Crippen molar-refractivity contribution >= 4 is 22.6 Å². The zero-order chi connectivity index (χ0) is 11.9. The maximum absolute atomic E-state index is 12.2. The number of halogens is 7. The van der Waals surface area contributed by atoms with E-state index < -0.39 is 23.5 Å². The predicted molar refractivity (Wildman–Crippen MR) is 49.2 cm³/mol. The van der Waals surface area contributed by atoms with Gasteiger partial charge in [0.2, 0.25) is 0 Å². The lowest BCUT2D eigenvalue weighted by Gasteiger charge is -2.12. The molecule has 84 valence electrons. The molecule has 0 unspecified atom stereocenters. The fourth-order valence-electron chi connectivity index (χ4n) is 0.919. The molecule has 0 atom stereocenters. The minimum absolute atomic E-state index is 0.113. The van der Waals surface area contributed by atoms with Gasteiger partial charge in [-0.1, -0.05) is 0 Å². The second-order valence-corrected chi connectivity index (χ2v) is 3.85. The molecule has 0 saturated heterocycles. The number of rotatable bonds is 0. The van der Waals surface area contributed by atoms with E-state index in [2.05, 4.69) is 0 Å². The first-order valence-electron chi connectivity index (χ1n) is 3.56. The quantitative estimate of drug-likeness (QED) is 0.487. The van der Waals surface area contributed by atoms with Crippen LogP contribution in [-0.2, 0) is 12.4 Å². The van der Waals surface area contributed by atoms with Crippen molar-refractivity contribution < 1.29 is 26.3 Å². The minimum atomic E-state index is -4.77. The van der Waals surface area contributed by atoms with Gasteiger partial charge in [0.15, 0.2) is 0 Å². The van der Waals surface area contributed by atoms with E-state index in [1.165, 1.54) is 22.6 Å². The lowest BCUT2D eigenvalue weighted by molar-refractivity contribution is -0.143. The molecule has 0 radical (unpaired) electrons. The Balaban J connectivity index is 3.30. The van der Waals surface area contributed by atoms with Crippen molar-refractivity contribution in [1.29, 1.82) is 0 Å². The Morgan fingerprint density at radius 2 is 1.40 bits per heavy atom. The Hall–Kier alpha value is -0.470. The molecule has 0 aliphatic heterocycles. The summed E-state index contributed by atoms with van der Waals surface area (Å²) >= 11 is 1.34. The first kappa shape index (κ1) is 12.6. The number of hydrogen-bond donors (Lipinski definition) is 0. The van der Waals surface area contributed by atoms with E-state index in [9.17, 15) is 26.3 Å². The Morgan fingerprint density at radius 3 is 1.80 bits per heavy atom. The van der Waals surface area contributed by atoms with Crippen LogP contribution in [0.15, 0.2) is 18.2 Å². The van der Waals surface area contributed by atoms with E-state index in [0.717, 1.165) is 6.07 Å². The van der Waals surface area contributed by atoms with E-state index in [1.807, 2.05) is 0 Å². The van der Waals surface area contributed by atoms with Gasteiger partial charge in [-0.25, -0.2) is 0 Å². The standard InChI is InChI=1S/C8H3F6I/c9-7(10,11)4-1-2-6(15)5(3-4)8(12,13)14/h1-3H. The summed E-state index contributed by atoms with van der Waals surface area (Å²) < 4.78 is 72.8. The van der Waals surface area contributed by atoms with Gasteiger partial charge < -0.3 is 0 Å². The summed E-state index contributed by atoms with van der Waals surface area (Å²) in [5.74, 6) is 0. The third-order valence-corrected chi connectivity index (χ3v) is 2.54. The van der Waals surface area contributed by atoms with Crippen LogP contribution >= 0.6 is 22.6 Å². The van der Waals surface area contributed by atoms with Crippen LogP contribution < -0.4 is 0 Å². The maximum atomic E-state index is 12.2. The van der Waals surface area contributed by atoms with Crippen LogP contribution in [-0.4, -0.2) is 0 Å². The lowest BCUT2D eigenvalue weighted by Crippen LogP contribution is -2.12. The van der Waals surface area contributed by atoms with Gasteiger partial charge >= 0.3 is 12.4 Å². The molecule has 0 N–H and O–H groups in total. The molecule has 1 aromatic rings. The van der Waals surface area contributed by atoms with Gasteiger partial charge in [0.05, 0.1) is 11.1 Å². The van der Waals surface area contributed by atoms with Crippen LogP contribution in [0.3, 0.4) is 0 Å². The molecule has 0 bridgehead atoms. The highest BCUT2D eigenvalue weighted by molar-refractivity contribution is 14.1. The van der Waals surface area contributed by atoms with Crippen LogP contribution in [0.25, 0.3) is 0 Å².